The van der Waals surface area contributed by atoms with E-state index in [1.165, 1.54) is 11.3 Å². The van der Waals surface area contributed by atoms with Gasteiger partial charge in [0.2, 0.25) is 11.8 Å². The van der Waals surface area contributed by atoms with Crippen LogP contribution in [0.2, 0.25) is 0 Å². The molecule has 2 atom stereocenters. The maximum absolute atomic E-state index is 12.5. The van der Waals surface area contributed by atoms with Gasteiger partial charge in [-0.05, 0) is 31.7 Å². The molecule has 0 aliphatic carbocycles. The average molecular weight is 334 g/mol. The number of aromatic nitrogens is 1. The Kier molecular flexibility index (Phi) is 4.21. The van der Waals surface area contributed by atoms with Crippen LogP contribution in [-0.2, 0) is 16.0 Å². The summed E-state index contributed by atoms with van der Waals surface area (Å²) < 4.78 is 5.64. The summed E-state index contributed by atoms with van der Waals surface area (Å²) >= 11 is 1.53. The van der Waals surface area contributed by atoms with Crippen LogP contribution in [0.15, 0.2) is 21.9 Å². The van der Waals surface area contributed by atoms with Gasteiger partial charge < -0.3 is 14.4 Å². The third-order valence-electron chi connectivity index (χ3n) is 4.34. The van der Waals surface area contributed by atoms with E-state index >= 15 is 0 Å². The number of aliphatic carboxylic acids is 1. The molecule has 2 aromatic rings. The lowest BCUT2D eigenvalue weighted by Gasteiger charge is -2.23. The van der Waals surface area contributed by atoms with Crippen molar-refractivity contribution >= 4 is 23.2 Å². The molecule has 0 bridgehead atoms. The van der Waals surface area contributed by atoms with Gasteiger partial charge in [-0.15, -0.1) is 11.3 Å². The van der Waals surface area contributed by atoms with Gasteiger partial charge in [0.15, 0.2) is 0 Å². The van der Waals surface area contributed by atoms with Crippen molar-refractivity contribution in [1.29, 1.82) is 0 Å². The standard InChI is InChI=1S/C16H18N2O4S/c1-9-11(16(20)21)5-6-18(9)14(19)8-12-10(2)22-15(17-12)13-4-3-7-23-13/h3-4,7,9,11H,5-6,8H2,1-2H3,(H,20,21). The Bertz CT molecular complexity index is 723. The van der Waals surface area contributed by atoms with Gasteiger partial charge >= 0.3 is 5.97 Å². The number of aryl methyl sites for hydroxylation is 1. The minimum absolute atomic E-state index is 0.102. The molecule has 1 saturated heterocycles. The molecule has 2 unspecified atom stereocenters. The number of carbonyl (C=O) groups is 2. The second-order valence-corrected chi connectivity index (χ2v) is 6.68. The van der Waals surface area contributed by atoms with Crippen LogP contribution < -0.4 is 0 Å². The lowest BCUT2D eigenvalue weighted by atomic mass is 10.0. The molecule has 1 amide bonds. The fourth-order valence-electron chi connectivity index (χ4n) is 2.96. The van der Waals surface area contributed by atoms with Gasteiger partial charge in [0, 0.05) is 12.6 Å². The zero-order valence-electron chi connectivity index (χ0n) is 13.0. The van der Waals surface area contributed by atoms with E-state index < -0.39 is 11.9 Å². The summed E-state index contributed by atoms with van der Waals surface area (Å²) in [4.78, 5) is 30.6. The summed E-state index contributed by atoms with van der Waals surface area (Å²) in [6.07, 6.45) is 0.637. The van der Waals surface area contributed by atoms with Gasteiger partial charge in [0.1, 0.15) is 5.76 Å². The highest BCUT2D eigenvalue weighted by atomic mass is 32.1. The van der Waals surface area contributed by atoms with Crippen LogP contribution in [-0.4, -0.2) is 39.5 Å². The highest BCUT2D eigenvalue weighted by Gasteiger charge is 2.38. The molecule has 2 aromatic heterocycles. The van der Waals surface area contributed by atoms with Crippen LogP contribution in [0.5, 0.6) is 0 Å². The SMILES string of the molecule is Cc1oc(-c2cccs2)nc1CC(=O)N1CCC(C(=O)O)C1C. The number of carbonyl (C=O) groups excluding carboxylic acids is 1. The molecule has 3 heterocycles. The van der Waals surface area contributed by atoms with Crippen LogP contribution in [0.25, 0.3) is 10.8 Å². The fourth-order valence-corrected chi connectivity index (χ4v) is 3.61. The number of rotatable bonds is 4. The first-order chi connectivity index (χ1) is 11.0. The van der Waals surface area contributed by atoms with Gasteiger partial charge in [-0.3, -0.25) is 9.59 Å². The van der Waals surface area contributed by atoms with Crippen molar-refractivity contribution in [1.82, 2.24) is 9.88 Å². The summed E-state index contributed by atoms with van der Waals surface area (Å²) in [5.74, 6) is -0.276. The average Bonchev–Trinajstić information content (AvgIpc) is 3.19. The van der Waals surface area contributed by atoms with Crippen molar-refractivity contribution in [3.63, 3.8) is 0 Å². The molecule has 23 heavy (non-hydrogen) atoms. The summed E-state index contributed by atoms with van der Waals surface area (Å²) in [7, 11) is 0. The zero-order valence-corrected chi connectivity index (χ0v) is 13.8. The molecule has 1 fully saturated rings. The van der Waals surface area contributed by atoms with Crippen molar-refractivity contribution in [2.75, 3.05) is 6.54 Å². The van der Waals surface area contributed by atoms with E-state index in [9.17, 15) is 9.59 Å². The number of carboxylic acid groups (broad SMARTS) is 1. The number of hydrogen-bond acceptors (Lipinski definition) is 5. The molecule has 0 spiro atoms. The summed E-state index contributed by atoms with van der Waals surface area (Å²) in [5, 5.41) is 11.1. The van der Waals surface area contributed by atoms with Gasteiger partial charge in [-0.2, -0.15) is 0 Å². The first-order valence-electron chi connectivity index (χ1n) is 7.50. The molecule has 0 saturated carbocycles. The second-order valence-electron chi connectivity index (χ2n) is 5.74. The maximum Gasteiger partial charge on any atom is 0.308 e. The largest absolute Gasteiger partial charge is 0.481 e. The minimum Gasteiger partial charge on any atom is -0.481 e. The van der Waals surface area contributed by atoms with Gasteiger partial charge in [0.25, 0.3) is 0 Å². The Morgan fingerprint density at radius 3 is 2.91 bits per heavy atom. The van der Waals surface area contributed by atoms with E-state index in [1.54, 1.807) is 18.7 Å². The number of hydrogen-bond donors (Lipinski definition) is 1. The summed E-state index contributed by atoms with van der Waals surface area (Å²) in [5.41, 5.74) is 0.615. The lowest BCUT2D eigenvalue weighted by molar-refractivity contribution is -0.143. The van der Waals surface area contributed by atoms with E-state index in [0.717, 1.165) is 4.88 Å². The van der Waals surface area contributed by atoms with E-state index in [2.05, 4.69) is 4.98 Å². The van der Waals surface area contributed by atoms with Crippen molar-refractivity contribution < 1.29 is 19.1 Å². The van der Waals surface area contributed by atoms with Crippen LogP contribution in [0.4, 0.5) is 0 Å². The highest BCUT2D eigenvalue weighted by Crippen LogP contribution is 2.28. The first-order valence-corrected chi connectivity index (χ1v) is 8.37. The fraction of sp³-hybridized carbons (Fsp3) is 0.438. The molecule has 6 nitrogen and oxygen atoms in total. The Labute approximate surface area is 137 Å². The quantitative estimate of drug-likeness (QED) is 0.929. The normalized spacial score (nSPS) is 20.9. The lowest BCUT2D eigenvalue weighted by Crippen LogP contribution is -2.38. The Morgan fingerprint density at radius 1 is 1.52 bits per heavy atom. The van der Waals surface area contributed by atoms with E-state index in [0.29, 0.717) is 30.3 Å². The monoisotopic (exact) mass is 334 g/mol. The molecule has 7 heteroatoms. The Balaban J connectivity index is 1.73. The van der Waals surface area contributed by atoms with E-state index in [4.69, 9.17) is 9.52 Å². The third kappa shape index (κ3) is 3.01. The molecule has 1 aliphatic rings. The van der Waals surface area contributed by atoms with Crippen LogP contribution in [0, 0.1) is 12.8 Å². The molecule has 0 aromatic carbocycles. The molecule has 0 radical (unpaired) electrons. The zero-order chi connectivity index (χ0) is 16.6. The van der Waals surface area contributed by atoms with E-state index in [-0.39, 0.29) is 18.4 Å². The topological polar surface area (TPSA) is 83.6 Å². The molecule has 122 valence electrons. The smallest absolute Gasteiger partial charge is 0.308 e. The van der Waals surface area contributed by atoms with Crippen molar-refractivity contribution in [2.24, 2.45) is 5.92 Å². The number of oxazole rings is 1. The number of likely N-dealkylation sites (tertiary alicyclic amines) is 1. The van der Waals surface area contributed by atoms with Crippen LogP contribution in [0.1, 0.15) is 24.8 Å². The van der Waals surface area contributed by atoms with Gasteiger partial charge in [-0.25, -0.2) is 4.98 Å². The molecular weight excluding hydrogens is 316 g/mol. The number of amides is 1. The maximum atomic E-state index is 12.5. The highest BCUT2D eigenvalue weighted by molar-refractivity contribution is 7.13. The first kappa shape index (κ1) is 15.7. The number of thiophene rings is 1. The van der Waals surface area contributed by atoms with Crippen molar-refractivity contribution in [3.05, 3.63) is 29.0 Å². The molecule has 3 rings (SSSR count). The summed E-state index contributed by atoms with van der Waals surface area (Å²) in [6.45, 7) is 4.06. The third-order valence-corrected chi connectivity index (χ3v) is 5.19. The second kappa shape index (κ2) is 6.16. The van der Waals surface area contributed by atoms with Crippen LogP contribution in [0.3, 0.4) is 0 Å². The Hall–Kier alpha value is -2.15. The predicted molar refractivity (Wildman–Crippen MR) is 85.2 cm³/mol. The number of carboxylic acids is 1. The van der Waals surface area contributed by atoms with Gasteiger partial charge in [0.05, 0.1) is 22.9 Å². The van der Waals surface area contributed by atoms with Gasteiger partial charge in [-0.1, -0.05) is 6.07 Å². The molecule has 1 N–H and O–H groups in total. The number of nitrogens with zero attached hydrogens (tertiary/aromatic N) is 2. The summed E-state index contributed by atoms with van der Waals surface area (Å²) in [6, 6.07) is 3.55. The Morgan fingerprint density at radius 2 is 2.30 bits per heavy atom. The van der Waals surface area contributed by atoms with Crippen molar-refractivity contribution in [2.45, 2.75) is 32.7 Å². The molecular formula is C16H18N2O4S. The van der Waals surface area contributed by atoms with Crippen molar-refractivity contribution in [3.8, 4) is 10.8 Å². The van der Waals surface area contributed by atoms with Crippen LogP contribution >= 0.6 is 11.3 Å². The van der Waals surface area contributed by atoms with E-state index in [1.807, 2.05) is 17.5 Å². The minimum atomic E-state index is -0.842. The molecule has 1 aliphatic heterocycles. The predicted octanol–water partition coefficient (Wildman–Crippen LogP) is 2.58.